The van der Waals surface area contributed by atoms with Crippen molar-refractivity contribution in [1.29, 1.82) is 0 Å². The Hall–Kier alpha value is -2.26. The molecule has 3 nitrogen and oxygen atoms in total. The Morgan fingerprint density at radius 2 is 1.80 bits per heavy atom. The van der Waals surface area contributed by atoms with Crippen LogP contribution in [0.25, 0.3) is 22.6 Å². The maximum Gasteiger partial charge on any atom is 0.167 e. The Kier molecular flexibility index (Phi) is 3.44. The van der Waals surface area contributed by atoms with Crippen molar-refractivity contribution in [2.45, 2.75) is 0 Å². The van der Waals surface area contributed by atoms with Crippen LogP contribution >= 0.6 is 11.6 Å². The van der Waals surface area contributed by atoms with Gasteiger partial charge in [-0.2, -0.15) is 0 Å². The molecule has 3 aromatic rings. The fourth-order valence-corrected chi connectivity index (χ4v) is 2.19. The van der Waals surface area contributed by atoms with Crippen molar-refractivity contribution in [3.8, 4) is 28.3 Å². The molecule has 0 atom stereocenters. The lowest BCUT2D eigenvalue weighted by Crippen LogP contribution is -1.81. The Bertz CT molecular complexity index is 719. The highest BCUT2D eigenvalue weighted by molar-refractivity contribution is 6.33. The SMILES string of the molecule is COc1ccc(-c2cc(-c3ccccc3Cl)no2)cc1. The van der Waals surface area contributed by atoms with Gasteiger partial charge in [0, 0.05) is 17.2 Å². The van der Waals surface area contributed by atoms with Gasteiger partial charge < -0.3 is 9.26 Å². The van der Waals surface area contributed by atoms with Crippen molar-refractivity contribution in [3.05, 3.63) is 59.6 Å². The van der Waals surface area contributed by atoms with Crippen LogP contribution in [-0.4, -0.2) is 12.3 Å². The summed E-state index contributed by atoms with van der Waals surface area (Å²) < 4.78 is 10.5. The van der Waals surface area contributed by atoms with Crippen LogP contribution in [-0.2, 0) is 0 Å². The van der Waals surface area contributed by atoms with Crippen molar-refractivity contribution in [3.63, 3.8) is 0 Å². The summed E-state index contributed by atoms with van der Waals surface area (Å²) >= 11 is 6.16. The van der Waals surface area contributed by atoms with E-state index in [1.807, 2.05) is 54.6 Å². The van der Waals surface area contributed by atoms with Crippen LogP contribution in [0.4, 0.5) is 0 Å². The molecule has 0 amide bonds. The second-order valence-corrected chi connectivity index (χ2v) is 4.69. The number of ether oxygens (including phenoxy) is 1. The van der Waals surface area contributed by atoms with Gasteiger partial charge in [-0.25, -0.2) is 0 Å². The molecule has 1 heterocycles. The van der Waals surface area contributed by atoms with Crippen LogP contribution in [0.15, 0.2) is 59.1 Å². The van der Waals surface area contributed by atoms with Gasteiger partial charge in [0.15, 0.2) is 5.76 Å². The third-order valence-corrected chi connectivity index (χ3v) is 3.36. The first-order chi connectivity index (χ1) is 9.78. The highest BCUT2D eigenvalue weighted by Gasteiger charge is 2.10. The van der Waals surface area contributed by atoms with Crippen LogP contribution in [0.3, 0.4) is 0 Å². The molecule has 0 fully saturated rings. The van der Waals surface area contributed by atoms with E-state index in [4.69, 9.17) is 20.9 Å². The monoisotopic (exact) mass is 285 g/mol. The van der Waals surface area contributed by atoms with Gasteiger partial charge in [-0.15, -0.1) is 0 Å². The summed E-state index contributed by atoms with van der Waals surface area (Å²) in [7, 11) is 1.64. The minimum absolute atomic E-state index is 0.655. The van der Waals surface area contributed by atoms with Gasteiger partial charge in [0.25, 0.3) is 0 Å². The quantitative estimate of drug-likeness (QED) is 0.701. The lowest BCUT2D eigenvalue weighted by atomic mass is 10.1. The molecule has 4 heteroatoms. The molecule has 0 aliphatic carbocycles. The minimum Gasteiger partial charge on any atom is -0.497 e. The summed E-state index contributed by atoms with van der Waals surface area (Å²) in [5, 5.41) is 4.73. The van der Waals surface area contributed by atoms with E-state index in [9.17, 15) is 0 Å². The topological polar surface area (TPSA) is 35.3 Å². The van der Waals surface area contributed by atoms with Crippen molar-refractivity contribution < 1.29 is 9.26 Å². The predicted octanol–water partition coefficient (Wildman–Crippen LogP) is 4.67. The number of halogens is 1. The first-order valence-corrected chi connectivity index (χ1v) is 6.52. The fourth-order valence-electron chi connectivity index (χ4n) is 1.96. The summed E-state index contributed by atoms with van der Waals surface area (Å²) in [5.74, 6) is 1.50. The van der Waals surface area contributed by atoms with Gasteiger partial charge in [0.2, 0.25) is 0 Å². The van der Waals surface area contributed by atoms with E-state index < -0.39 is 0 Å². The van der Waals surface area contributed by atoms with Crippen LogP contribution in [0.2, 0.25) is 5.02 Å². The number of benzene rings is 2. The third-order valence-electron chi connectivity index (χ3n) is 3.03. The van der Waals surface area contributed by atoms with E-state index in [1.165, 1.54) is 0 Å². The molecule has 3 rings (SSSR count). The average molecular weight is 286 g/mol. The molecule has 0 saturated carbocycles. The molecule has 0 saturated heterocycles. The summed E-state index contributed by atoms with van der Waals surface area (Å²) in [6, 6.07) is 17.0. The lowest BCUT2D eigenvalue weighted by Gasteiger charge is -1.99. The van der Waals surface area contributed by atoms with Gasteiger partial charge in [-0.05, 0) is 30.3 Å². The summed E-state index contributed by atoms with van der Waals surface area (Å²) in [6.07, 6.45) is 0. The third kappa shape index (κ3) is 2.40. The summed E-state index contributed by atoms with van der Waals surface area (Å²) in [4.78, 5) is 0. The zero-order valence-corrected chi connectivity index (χ0v) is 11.6. The van der Waals surface area contributed by atoms with Gasteiger partial charge in [0.1, 0.15) is 11.4 Å². The molecule has 0 spiro atoms. The normalized spacial score (nSPS) is 10.5. The van der Waals surface area contributed by atoms with Crippen LogP contribution in [0, 0.1) is 0 Å². The Labute approximate surface area is 121 Å². The second kappa shape index (κ2) is 5.39. The van der Waals surface area contributed by atoms with Gasteiger partial charge in [-0.3, -0.25) is 0 Å². The van der Waals surface area contributed by atoms with Gasteiger partial charge in [-0.1, -0.05) is 35.0 Å². The Morgan fingerprint density at radius 1 is 1.05 bits per heavy atom. The zero-order valence-electron chi connectivity index (χ0n) is 10.8. The molecule has 0 unspecified atom stereocenters. The largest absolute Gasteiger partial charge is 0.497 e. The van der Waals surface area contributed by atoms with E-state index in [-0.39, 0.29) is 0 Å². The van der Waals surface area contributed by atoms with Crippen molar-refractivity contribution >= 4 is 11.6 Å². The Morgan fingerprint density at radius 3 is 2.50 bits per heavy atom. The molecular weight excluding hydrogens is 274 g/mol. The molecule has 0 radical (unpaired) electrons. The number of aromatic nitrogens is 1. The molecule has 1 aromatic heterocycles. The van der Waals surface area contributed by atoms with Crippen LogP contribution in [0.5, 0.6) is 5.75 Å². The van der Waals surface area contributed by atoms with Gasteiger partial charge >= 0.3 is 0 Å². The maximum atomic E-state index is 6.16. The molecule has 0 bridgehead atoms. The van der Waals surface area contributed by atoms with Gasteiger partial charge in [0.05, 0.1) is 12.1 Å². The van der Waals surface area contributed by atoms with Crippen LogP contribution in [0.1, 0.15) is 0 Å². The Balaban J connectivity index is 1.95. The molecule has 2 aromatic carbocycles. The first-order valence-electron chi connectivity index (χ1n) is 6.14. The maximum absolute atomic E-state index is 6.16. The number of rotatable bonds is 3. The highest BCUT2D eigenvalue weighted by atomic mass is 35.5. The number of hydrogen-bond donors (Lipinski definition) is 0. The molecular formula is C16H12ClNO2. The lowest BCUT2D eigenvalue weighted by molar-refractivity contribution is 0.414. The van der Waals surface area contributed by atoms with Crippen molar-refractivity contribution in [1.82, 2.24) is 5.16 Å². The predicted molar refractivity (Wildman–Crippen MR) is 78.9 cm³/mol. The van der Waals surface area contributed by atoms with Crippen LogP contribution < -0.4 is 4.74 Å². The van der Waals surface area contributed by atoms with E-state index in [0.717, 1.165) is 22.6 Å². The summed E-state index contributed by atoms with van der Waals surface area (Å²) in [6.45, 7) is 0. The molecule has 20 heavy (non-hydrogen) atoms. The van der Waals surface area contributed by atoms with E-state index in [1.54, 1.807) is 7.11 Å². The molecule has 0 aliphatic heterocycles. The molecule has 0 aliphatic rings. The van der Waals surface area contributed by atoms with E-state index in [2.05, 4.69) is 5.16 Å². The molecule has 0 N–H and O–H groups in total. The average Bonchev–Trinajstić information content (AvgIpc) is 2.97. The number of nitrogens with zero attached hydrogens (tertiary/aromatic N) is 1. The highest BCUT2D eigenvalue weighted by Crippen LogP contribution is 2.30. The van der Waals surface area contributed by atoms with E-state index >= 15 is 0 Å². The first kappa shape index (κ1) is 12.8. The smallest absolute Gasteiger partial charge is 0.167 e. The number of methoxy groups -OCH3 is 1. The standard InChI is InChI=1S/C16H12ClNO2/c1-19-12-8-6-11(7-9-12)16-10-15(18-20-16)13-4-2-3-5-14(13)17/h2-10H,1H3. The van der Waals surface area contributed by atoms with E-state index in [0.29, 0.717) is 10.8 Å². The second-order valence-electron chi connectivity index (χ2n) is 4.28. The fraction of sp³-hybridized carbons (Fsp3) is 0.0625. The zero-order chi connectivity index (χ0) is 13.9. The minimum atomic E-state index is 0.655. The number of hydrogen-bond acceptors (Lipinski definition) is 3. The molecule has 100 valence electrons. The summed E-state index contributed by atoms with van der Waals surface area (Å²) in [5.41, 5.74) is 2.52. The van der Waals surface area contributed by atoms with Crippen molar-refractivity contribution in [2.24, 2.45) is 0 Å². The van der Waals surface area contributed by atoms with Crippen molar-refractivity contribution in [2.75, 3.05) is 7.11 Å².